The molecule has 0 aliphatic heterocycles. The quantitative estimate of drug-likeness (QED) is 0.396. The molecule has 0 unspecified atom stereocenters. The summed E-state index contributed by atoms with van der Waals surface area (Å²) in [5.41, 5.74) is 0.654. The maximum atomic E-state index is 12.9. The molecule has 114 valence electrons. The van der Waals surface area contributed by atoms with Crippen molar-refractivity contribution in [3.05, 3.63) is 73.9 Å². The number of rotatable bonds is 6. The van der Waals surface area contributed by atoms with Crippen LogP contribution >= 0.6 is 35.1 Å². The molecule has 0 fully saturated rings. The second-order valence-electron chi connectivity index (χ2n) is 4.28. The summed E-state index contributed by atoms with van der Waals surface area (Å²) < 4.78 is 3.16. The zero-order valence-electron chi connectivity index (χ0n) is 12.2. The van der Waals surface area contributed by atoms with Crippen LogP contribution in [-0.2, 0) is 0 Å². The van der Waals surface area contributed by atoms with Crippen LogP contribution in [0.15, 0.2) is 63.3 Å². The fraction of sp³-hybridized carbons (Fsp3) is 0.118. The van der Waals surface area contributed by atoms with Gasteiger partial charge in [0.25, 0.3) is 0 Å². The van der Waals surface area contributed by atoms with Gasteiger partial charge in [0.05, 0.1) is 0 Å². The number of benzene rings is 2. The summed E-state index contributed by atoms with van der Waals surface area (Å²) in [5.74, 6) is 0.0741. The molecule has 2 rings (SSSR count). The SMILES string of the molecule is CSC(SC)=C([Se]c1ccccc1)C(=O)c1cccc(Cl)c1. The molecule has 0 aliphatic rings. The van der Waals surface area contributed by atoms with E-state index < -0.39 is 0 Å². The average molecular weight is 414 g/mol. The molecular weight excluding hydrogens is 399 g/mol. The Morgan fingerprint density at radius 2 is 1.68 bits per heavy atom. The van der Waals surface area contributed by atoms with Crippen molar-refractivity contribution in [1.82, 2.24) is 0 Å². The van der Waals surface area contributed by atoms with E-state index in [0.717, 1.165) is 8.71 Å². The Kier molecular flexibility index (Phi) is 7.13. The zero-order chi connectivity index (χ0) is 15.9. The molecule has 0 saturated heterocycles. The third kappa shape index (κ3) is 4.68. The van der Waals surface area contributed by atoms with Crippen molar-refractivity contribution in [2.75, 3.05) is 12.5 Å². The van der Waals surface area contributed by atoms with Gasteiger partial charge in [-0.2, -0.15) is 0 Å². The minimum atomic E-state index is -0.0258. The van der Waals surface area contributed by atoms with Gasteiger partial charge in [0.2, 0.25) is 0 Å². The predicted molar refractivity (Wildman–Crippen MR) is 102 cm³/mol. The standard InChI is InChI=1S/C17H15ClOS2Se/c1-20-17(21-2)16(22-14-9-4-3-5-10-14)15(19)12-7-6-8-13(18)11-12/h3-11H,1-2H3. The third-order valence-electron chi connectivity index (χ3n) is 2.81. The molecule has 0 aromatic heterocycles. The number of hydrogen-bond donors (Lipinski definition) is 0. The van der Waals surface area contributed by atoms with Crippen LogP contribution in [0.1, 0.15) is 10.4 Å². The molecule has 1 nitrogen and oxygen atoms in total. The summed E-state index contributed by atoms with van der Waals surface area (Å²) in [6.07, 6.45) is 4.02. The Balaban J connectivity index is 2.41. The van der Waals surface area contributed by atoms with Gasteiger partial charge in [-0.15, -0.1) is 0 Å². The van der Waals surface area contributed by atoms with Crippen LogP contribution in [0, 0.1) is 0 Å². The number of ketones is 1. The first-order chi connectivity index (χ1) is 10.7. The van der Waals surface area contributed by atoms with E-state index in [1.54, 1.807) is 35.7 Å². The zero-order valence-corrected chi connectivity index (χ0v) is 16.3. The van der Waals surface area contributed by atoms with Crippen molar-refractivity contribution in [2.45, 2.75) is 0 Å². The van der Waals surface area contributed by atoms with Gasteiger partial charge in [0.1, 0.15) is 0 Å². The maximum absolute atomic E-state index is 12.9. The summed E-state index contributed by atoms with van der Waals surface area (Å²) in [4.78, 5) is 12.9. The number of thioether (sulfide) groups is 2. The van der Waals surface area contributed by atoms with Crippen molar-refractivity contribution < 1.29 is 4.79 Å². The summed E-state index contributed by atoms with van der Waals surface area (Å²) in [6.45, 7) is 0. The fourth-order valence-electron chi connectivity index (χ4n) is 1.82. The molecule has 0 amide bonds. The van der Waals surface area contributed by atoms with Gasteiger partial charge in [0, 0.05) is 0 Å². The van der Waals surface area contributed by atoms with Crippen LogP contribution in [0.3, 0.4) is 0 Å². The first-order valence-electron chi connectivity index (χ1n) is 6.51. The van der Waals surface area contributed by atoms with Gasteiger partial charge in [-0.25, -0.2) is 0 Å². The number of carbonyl (C=O) groups excluding carboxylic acids is 1. The molecule has 0 aliphatic carbocycles. The molecule has 0 heterocycles. The van der Waals surface area contributed by atoms with Gasteiger partial charge in [-0.1, -0.05) is 0 Å². The molecule has 5 heteroatoms. The topological polar surface area (TPSA) is 17.1 Å². The van der Waals surface area contributed by atoms with E-state index >= 15 is 0 Å². The van der Waals surface area contributed by atoms with Crippen molar-refractivity contribution in [3.63, 3.8) is 0 Å². The second kappa shape index (κ2) is 8.85. The van der Waals surface area contributed by atoms with E-state index in [-0.39, 0.29) is 20.7 Å². The Hall–Kier alpha value is -0.641. The third-order valence-corrected chi connectivity index (χ3v) is 8.09. The molecule has 0 radical (unpaired) electrons. The number of Topliss-reactive ketones (excluding diaryl/α,β-unsaturated/α-hetero) is 1. The fourth-order valence-corrected chi connectivity index (χ4v) is 6.44. The molecule has 2 aromatic carbocycles. The molecule has 0 bridgehead atoms. The van der Waals surface area contributed by atoms with E-state index in [9.17, 15) is 4.79 Å². The van der Waals surface area contributed by atoms with Gasteiger partial charge in [-0.05, 0) is 0 Å². The van der Waals surface area contributed by atoms with Gasteiger partial charge in [0.15, 0.2) is 0 Å². The summed E-state index contributed by atoms with van der Waals surface area (Å²) >= 11 is 9.26. The molecule has 0 saturated carbocycles. The Labute approximate surface area is 151 Å². The van der Waals surface area contributed by atoms with Crippen LogP contribution in [-0.4, -0.2) is 33.3 Å². The summed E-state index contributed by atoms with van der Waals surface area (Å²) in [7, 11) is 0. The van der Waals surface area contributed by atoms with E-state index in [4.69, 9.17) is 11.6 Å². The molecule has 0 atom stereocenters. The number of halogens is 1. The minimum absolute atomic E-state index is 0.0258. The number of carbonyl (C=O) groups is 1. The Morgan fingerprint density at radius 3 is 2.27 bits per heavy atom. The van der Waals surface area contributed by atoms with Crippen LogP contribution in [0.25, 0.3) is 0 Å². The summed E-state index contributed by atoms with van der Waals surface area (Å²) in [5, 5.41) is 0.590. The van der Waals surface area contributed by atoms with Crippen LogP contribution in [0.2, 0.25) is 5.02 Å². The average Bonchev–Trinajstić information content (AvgIpc) is 2.55. The molecule has 0 N–H and O–H groups in total. The molecule has 0 spiro atoms. The van der Waals surface area contributed by atoms with Crippen LogP contribution in [0.5, 0.6) is 0 Å². The van der Waals surface area contributed by atoms with Gasteiger partial charge in [-0.3, -0.25) is 0 Å². The van der Waals surface area contributed by atoms with Crippen LogP contribution < -0.4 is 4.46 Å². The normalized spacial score (nSPS) is 10.3. The molecular formula is C17H15ClOS2Se. The van der Waals surface area contributed by atoms with Gasteiger partial charge >= 0.3 is 152 Å². The van der Waals surface area contributed by atoms with E-state index in [2.05, 4.69) is 12.1 Å². The van der Waals surface area contributed by atoms with Crippen molar-refractivity contribution in [1.29, 1.82) is 0 Å². The Morgan fingerprint density at radius 1 is 1.00 bits per heavy atom. The predicted octanol–water partition coefficient (Wildman–Crippen LogP) is 4.45. The number of hydrogen-bond acceptors (Lipinski definition) is 3. The van der Waals surface area contributed by atoms with E-state index in [0.29, 0.717) is 10.6 Å². The van der Waals surface area contributed by atoms with Gasteiger partial charge < -0.3 is 0 Å². The molecule has 2 aromatic rings. The van der Waals surface area contributed by atoms with Crippen LogP contribution in [0.4, 0.5) is 0 Å². The second-order valence-corrected chi connectivity index (χ2v) is 8.88. The van der Waals surface area contributed by atoms with Crippen molar-refractivity contribution in [2.24, 2.45) is 0 Å². The van der Waals surface area contributed by atoms with E-state index in [1.165, 1.54) is 4.46 Å². The summed E-state index contributed by atoms with van der Waals surface area (Å²) in [6, 6.07) is 17.3. The monoisotopic (exact) mass is 414 g/mol. The van der Waals surface area contributed by atoms with Crippen molar-refractivity contribution in [3.8, 4) is 0 Å². The molecule has 22 heavy (non-hydrogen) atoms. The first-order valence-corrected chi connectivity index (χ1v) is 11.0. The first kappa shape index (κ1) is 17.7. The number of allylic oxidation sites excluding steroid dienone is 1. The van der Waals surface area contributed by atoms with E-state index in [1.807, 2.05) is 42.8 Å². The Bertz CT molecular complexity index is 680. The van der Waals surface area contributed by atoms with Crippen molar-refractivity contribution >= 4 is 60.3 Å².